The molecule has 0 aromatic heterocycles. The van der Waals surface area contributed by atoms with Gasteiger partial charge in [0.2, 0.25) is 11.8 Å². The van der Waals surface area contributed by atoms with Crippen LogP contribution in [-0.2, 0) is 32.6 Å². The van der Waals surface area contributed by atoms with Gasteiger partial charge in [0.25, 0.3) is 15.7 Å². The molecule has 0 fully saturated rings. The number of rotatable bonds is 15. The molecule has 0 aliphatic rings. The van der Waals surface area contributed by atoms with Crippen molar-refractivity contribution < 1.29 is 27.7 Å². The summed E-state index contributed by atoms with van der Waals surface area (Å²) in [4.78, 5) is 40.6. The number of methoxy groups -OCH3 is 1. The third-order valence-electron chi connectivity index (χ3n) is 7.90. The first-order chi connectivity index (χ1) is 23.7. The topological polar surface area (TPSA) is 139 Å². The second-order valence-electron chi connectivity index (χ2n) is 12.0. The fourth-order valence-electron chi connectivity index (χ4n) is 5.16. The first-order valence-corrected chi connectivity index (χ1v) is 17.9. The zero-order valence-corrected chi connectivity index (χ0v) is 30.3. The maximum absolute atomic E-state index is 14.6. The summed E-state index contributed by atoms with van der Waals surface area (Å²) in [5.74, 6) is -0.583. The number of hydrogen-bond donors (Lipinski definition) is 1. The van der Waals surface area contributed by atoms with E-state index in [0.29, 0.717) is 22.9 Å². The molecule has 0 saturated carbocycles. The Balaban J connectivity index is 1.85. The molecule has 4 aromatic carbocycles. The first kappa shape index (κ1) is 38.2. The Morgan fingerprint density at radius 2 is 1.60 bits per heavy atom. The van der Waals surface area contributed by atoms with Crippen molar-refractivity contribution in [1.82, 2.24) is 10.2 Å². The van der Waals surface area contributed by atoms with Crippen molar-refractivity contribution >= 4 is 56.4 Å². The Morgan fingerprint density at radius 3 is 2.20 bits per heavy atom. The molecule has 0 bridgehead atoms. The van der Waals surface area contributed by atoms with Crippen LogP contribution in [0.4, 0.5) is 11.4 Å². The van der Waals surface area contributed by atoms with Crippen molar-refractivity contribution in [2.45, 2.75) is 44.7 Å². The van der Waals surface area contributed by atoms with E-state index in [-0.39, 0.29) is 40.1 Å². The zero-order chi connectivity index (χ0) is 36.6. The van der Waals surface area contributed by atoms with Gasteiger partial charge in [-0.15, -0.1) is 0 Å². The van der Waals surface area contributed by atoms with Crippen LogP contribution in [0, 0.1) is 23.0 Å². The molecule has 0 aliphatic carbocycles. The summed E-state index contributed by atoms with van der Waals surface area (Å²) in [6, 6.07) is 22.5. The van der Waals surface area contributed by atoms with Gasteiger partial charge in [-0.3, -0.25) is 24.0 Å². The Kier molecular flexibility index (Phi) is 12.9. The minimum atomic E-state index is -4.59. The van der Waals surface area contributed by atoms with Crippen molar-refractivity contribution in [1.29, 1.82) is 0 Å². The molecule has 0 saturated heterocycles. The Bertz CT molecular complexity index is 1940. The van der Waals surface area contributed by atoms with E-state index in [1.165, 1.54) is 55.3 Å². The van der Waals surface area contributed by atoms with E-state index in [0.717, 1.165) is 15.9 Å². The highest BCUT2D eigenvalue weighted by molar-refractivity contribution is 7.92. The summed E-state index contributed by atoms with van der Waals surface area (Å²) in [6.45, 7) is 4.86. The lowest BCUT2D eigenvalue weighted by Crippen LogP contribution is -2.53. The molecular weight excluding hydrogens is 703 g/mol. The molecule has 0 radical (unpaired) electrons. The van der Waals surface area contributed by atoms with Crippen molar-refractivity contribution in [3.63, 3.8) is 0 Å². The monoisotopic (exact) mass is 740 g/mol. The predicted molar refractivity (Wildman–Crippen MR) is 194 cm³/mol. The fourth-order valence-corrected chi connectivity index (χ4v) is 6.92. The van der Waals surface area contributed by atoms with Crippen LogP contribution in [-0.4, -0.2) is 56.3 Å². The molecule has 0 spiro atoms. The SMILES string of the molecule is COc1ccc(N(CC(=O)N(Cc2ccc(Cl)c(Cl)c2)[C@@H](Cc2ccccc2)C(=O)NCC(C)C)S(=O)(=O)c2ccc(C)c([N+](=O)[O-])c2)cc1. The second-order valence-corrected chi connectivity index (χ2v) is 14.7. The van der Waals surface area contributed by atoms with E-state index in [1.54, 1.807) is 18.2 Å². The van der Waals surface area contributed by atoms with Crippen LogP contribution < -0.4 is 14.4 Å². The minimum absolute atomic E-state index is 0.0979. The molecule has 1 atom stereocenters. The number of nitrogens with one attached hydrogen (secondary N) is 1. The van der Waals surface area contributed by atoms with Gasteiger partial charge in [0.1, 0.15) is 18.3 Å². The maximum atomic E-state index is 14.6. The average molecular weight is 742 g/mol. The smallest absolute Gasteiger partial charge is 0.273 e. The molecular formula is C36H38Cl2N4O7S. The van der Waals surface area contributed by atoms with Gasteiger partial charge >= 0.3 is 0 Å². The Morgan fingerprint density at radius 1 is 0.920 bits per heavy atom. The highest BCUT2D eigenvalue weighted by Gasteiger charge is 2.35. The number of nitro groups is 1. The third kappa shape index (κ3) is 9.52. The van der Waals surface area contributed by atoms with E-state index in [2.05, 4.69) is 5.32 Å². The standard InChI is InChI=1S/C36H38Cl2N4O7S/c1-24(2)21-39-36(44)34(19-26-8-6-5-7-9-26)40(22-27-11-17-31(37)32(38)18-27)35(43)23-41(28-12-14-29(49-4)15-13-28)50(47,48)30-16-10-25(3)33(20-30)42(45)46/h5-18,20,24,34H,19,21-23H2,1-4H3,(H,39,44)/t34-/m0/s1. The number of ether oxygens (including phenoxy) is 1. The number of nitrogens with zero attached hydrogens (tertiary/aromatic N) is 3. The summed E-state index contributed by atoms with van der Waals surface area (Å²) < 4.78 is 34.8. The maximum Gasteiger partial charge on any atom is 0.273 e. The molecule has 11 nitrogen and oxygen atoms in total. The molecule has 2 amide bonds. The lowest BCUT2D eigenvalue weighted by atomic mass is 10.0. The van der Waals surface area contributed by atoms with Crippen molar-refractivity contribution in [3.05, 3.63) is 128 Å². The summed E-state index contributed by atoms with van der Waals surface area (Å²) in [5, 5.41) is 15.2. The first-order valence-electron chi connectivity index (χ1n) is 15.7. The van der Waals surface area contributed by atoms with Crippen molar-refractivity contribution in [2.24, 2.45) is 5.92 Å². The average Bonchev–Trinajstić information content (AvgIpc) is 3.09. The van der Waals surface area contributed by atoms with E-state index in [9.17, 15) is 28.1 Å². The lowest BCUT2D eigenvalue weighted by molar-refractivity contribution is -0.385. The summed E-state index contributed by atoms with van der Waals surface area (Å²) >= 11 is 12.5. The highest BCUT2D eigenvalue weighted by Crippen LogP contribution is 2.30. The van der Waals surface area contributed by atoms with E-state index < -0.39 is 45.0 Å². The molecule has 0 aliphatic heterocycles. The van der Waals surface area contributed by atoms with Crippen LogP contribution in [0.25, 0.3) is 0 Å². The van der Waals surface area contributed by atoms with Gasteiger partial charge in [-0.2, -0.15) is 0 Å². The molecule has 4 rings (SSSR count). The molecule has 264 valence electrons. The van der Waals surface area contributed by atoms with Gasteiger partial charge in [0, 0.05) is 31.1 Å². The quantitative estimate of drug-likeness (QED) is 0.104. The third-order valence-corrected chi connectivity index (χ3v) is 10.4. The van der Waals surface area contributed by atoms with Gasteiger partial charge in [0.15, 0.2) is 0 Å². The van der Waals surface area contributed by atoms with Crippen LogP contribution in [0.5, 0.6) is 5.75 Å². The summed E-state index contributed by atoms with van der Waals surface area (Å²) in [7, 11) is -3.13. The summed E-state index contributed by atoms with van der Waals surface area (Å²) in [6.07, 6.45) is 0.122. The summed E-state index contributed by atoms with van der Waals surface area (Å²) in [5.41, 5.74) is 1.30. The molecule has 4 aromatic rings. The number of anilines is 1. The zero-order valence-electron chi connectivity index (χ0n) is 28.0. The number of benzene rings is 4. The number of hydrogen-bond acceptors (Lipinski definition) is 7. The van der Waals surface area contributed by atoms with E-state index in [1.807, 2.05) is 44.2 Å². The van der Waals surface area contributed by atoms with Gasteiger partial charge in [0.05, 0.1) is 32.7 Å². The molecule has 14 heteroatoms. The Labute approximate surface area is 302 Å². The predicted octanol–water partition coefficient (Wildman–Crippen LogP) is 6.83. The molecule has 50 heavy (non-hydrogen) atoms. The van der Waals surface area contributed by atoms with Crippen molar-refractivity contribution in [3.8, 4) is 5.75 Å². The number of nitro benzene ring substituents is 1. The highest BCUT2D eigenvalue weighted by atomic mass is 35.5. The second kappa shape index (κ2) is 16.8. The van der Waals surface area contributed by atoms with Crippen LogP contribution in [0.15, 0.2) is 95.9 Å². The van der Waals surface area contributed by atoms with Crippen LogP contribution in [0.2, 0.25) is 10.0 Å². The largest absolute Gasteiger partial charge is 0.497 e. The number of sulfonamides is 1. The van der Waals surface area contributed by atoms with E-state index >= 15 is 0 Å². The van der Waals surface area contributed by atoms with Crippen LogP contribution in [0.1, 0.15) is 30.5 Å². The van der Waals surface area contributed by atoms with Gasteiger partial charge in [-0.05, 0) is 66.4 Å². The number of carbonyl (C=O) groups is 2. The molecule has 1 N–H and O–H groups in total. The number of aryl methyl sites for hydroxylation is 1. The van der Waals surface area contributed by atoms with Crippen LogP contribution >= 0.6 is 23.2 Å². The Hall–Kier alpha value is -4.65. The fraction of sp³-hybridized carbons (Fsp3) is 0.278. The molecule has 0 heterocycles. The number of carbonyl (C=O) groups excluding carboxylic acids is 2. The van der Waals surface area contributed by atoms with Crippen LogP contribution in [0.3, 0.4) is 0 Å². The normalized spacial score (nSPS) is 11.9. The van der Waals surface area contributed by atoms with Gasteiger partial charge in [-0.25, -0.2) is 8.42 Å². The molecule has 0 unspecified atom stereocenters. The van der Waals surface area contributed by atoms with Gasteiger partial charge < -0.3 is 15.0 Å². The number of halogens is 2. The minimum Gasteiger partial charge on any atom is -0.497 e. The van der Waals surface area contributed by atoms with E-state index in [4.69, 9.17) is 27.9 Å². The van der Waals surface area contributed by atoms with Crippen molar-refractivity contribution in [2.75, 3.05) is 24.5 Å². The lowest BCUT2D eigenvalue weighted by Gasteiger charge is -2.34. The number of amides is 2. The van der Waals surface area contributed by atoms with Gasteiger partial charge in [-0.1, -0.05) is 79.5 Å².